The van der Waals surface area contributed by atoms with Crippen molar-refractivity contribution in [2.45, 2.75) is 25.9 Å². The van der Waals surface area contributed by atoms with Crippen molar-refractivity contribution >= 4 is 11.9 Å². The van der Waals surface area contributed by atoms with Crippen LogP contribution < -0.4 is 5.73 Å². The molecule has 0 unspecified atom stereocenters. The third-order valence-corrected chi connectivity index (χ3v) is 4.29. The van der Waals surface area contributed by atoms with E-state index in [4.69, 9.17) is 10.5 Å². The molecule has 0 aromatic heterocycles. The van der Waals surface area contributed by atoms with E-state index in [2.05, 4.69) is 22.0 Å². The lowest BCUT2D eigenvalue weighted by molar-refractivity contribution is -0.128. The van der Waals surface area contributed by atoms with Crippen LogP contribution in [0.15, 0.2) is 29.3 Å². The van der Waals surface area contributed by atoms with Gasteiger partial charge in [-0.2, -0.15) is 0 Å². The molecular weight excluding hydrogens is 292 g/mol. The Kier molecular flexibility index (Phi) is 5.12. The number of morpholine rings is 1. The highest BCUT2D eigenvalue weighted by Crippen LogP contribution is 2.15. The summed E-state index contributed by atoms with van der Waals surface area (Å²) in [5, 5.41) is 0. The monoisotopic (exact) mass is 316 g/mol. The van der Waals surface area contributed by atoms with E-state index in [0.717, 1.165) is 37.2 Å². The number of aliphatic imine (C=N–C) groups is 1. The molecule has 6 nitrogen and oxygen atoms in total. The van der Waals surface area contributed by atoms with Crippen LogP contribution in [0, 0.1) is 0 Å². The molecule has 2 saturated heterocycles. The smallest absolute Gasteiger partial charge is 0.222 e. The Hall–Kier alpha value is -2.08. The van der Waals surface area contributed by atoms with E-state index in [0.29, 0.717) is 38.7 Å². The quantitative estimate of drug-likeness (QED) is 0.663. The zero-order chi connectivity index (χ0) is 16.1. The van der Waals surface area contributed by atoms with Crippen LogP contribution >= 0.6 is 0 Å². The average Bonchev–Trinajstić information content (AvgIpc) is 2.99. The number of amides is 1. The van der Waals surface area contributed by atoms with Gasteiger partial charge in [0.05, 0.1) is 19.8 Å². The number of benzene rings is 1. The summed E-state index contributed by atoms with van der Waals surface area (Å²) in [5.41, 5.74) is 8.32. The first-order valence-electron chi connectivity index (χ1n) is 8.20. The molecule has 0 aliphatic carbocycles. The van der Waals surface area contributed by atoms with Crippen molar-refractivity contribution in [3.05, 3.63) is 35.4 Å². The van der Waals surface area contributed by atoms with Gasteiger partial charge in [0.1, 0.15) is 0 Å². The Morgan fingerprint density at radius 2 is 2.00 bits per heavy atom. The average molecular weight is 316 g/mol. The number of guanidine groups is 1. The van der Waals surface area contributed by atoms with Crippen LogP contribution in [0.3, 0.4) is 0 Å². The van der Waals surface area contributed by atoms with Gasteiger partial charge in [-0.3, -0.25) is 4.79 Å². The molecule has 0 radical (unpaired) electrons. The predicted molar refractivity (Wildman–Crippen MR) is 88.8 cm³/mol. The minimum Gasteiger partial charge on any atom is -0.378 e. The van der Waals surface area contributed by atoms with E-state index in [9.17, 15) is 4.79 Å². The second kappa shape index (κ2) is 7.46. The van der Waals surface area contributed by atoms with Gasteiger partial charge in [-0.25, -0.2) is 4.99 Å². The number of carbonyl (C=O) groups is 1. The lowest BCUT2D eigenvalue weighted by Gasteiger charge is -2.27. The Bertz CT molecular complexity index is 582. The molecule has 1 aromatic carbocycles. The van der Waals surface area contributed by atoms with Crippen LogP contribution in [0.5, 0.6) is 0 Å². The zero-order valence-corrected chi connectivity index (χ0v) is 13.4. The lowest BCUT2D eigenvalue weighted by Crippen LogP contribution is -2.44. The van der Waals surface area contributed by atoms with Crippen LogP contribution in [0.4, 0.5) is 0 Å². The Labute approximate surface area is 136 Å². The Morgan fingerprint density at radius 1 is 1.22 bits per heavy atom. The standard InChI is InChI=1S/C17H24N4O2/c18-17(20-7-9-23-10-8-20)19-12-14-3-1-4-15(11-14)13-21-6-2-5-16(21)22/h1,3-4,11H,2,5-10,12-13H2,(H2,18,19). The fraction of sp³-hybridized carbons (Fsp3) is 0.529. The van der Waals surface area contributed by atoms with Crippen molar-refractivity contribution in [1.82, 2.24) is 9.80 Å². The second-order valence-electron chi connectivity index (χ2n) is 6.01. The molecule has 0 spiro atoms. The molecule has 1 aromatic rings. The summed E-state index contributed by atoms with van der Waals surface area (Å²) >= 11 is 0. The van der Waals surface area contributed by atoms with Crippen molar-refractivity contribution < 1.29 is 9.53 Å². The van der Waals surface area contributed by atoms with Gasteiger partial charge in [0, 0.05) is 32.6 Å². The van der Waals surface area contributed by atoms with Gasteiger partial charge >= 0.3 is 0 Å². The van der Waals surface area contributed by atoms with Crippen LogP contribution in [0.25, 0.3) is 0 Å². The summed E-state index contributed by atoms with van der Waals surface area (Å²) in [6, 6.07) is 8.24. The molecule has 2 aliphatic heterocycles. The van der Waals surface area contributed by atoms with Crippen LogP contribution in [0.2, 0.25) is 0 Å². The Morgan fingerprint density at radius 3 is 2.74 bits per heavy atom. The van der Waals surface area contributed by atoms with Gasteiger partial charge in [0.25, 0.3) is 0 Å². The molecule has 124 valence electrons. The summed E-state index contributed by atoms with van der Waals surface area (Å²) in [5.74, 6) is 0.832. The molecular formula is C17H24N4O2. The molecule has 6 heteroatoms. The van der Waals surface area contributed by atoms with Crippen molar-refractivity contribution in [2.75, 3.05) is 32.8 Å². The van der Waals surface area contributed by atoms with Crippen molar-refractivity contribution in [3.63, 3.8) is 0 Å². The summed E-state index contributed by atoms with van der Waals surface area (Å²) in [6.45, 7) is 5.12. The molecule has 2 aliphatic rings. The predicted octanol–water partition coefficient (Wildman–Crippen LogP) is 0.956. The van der Waals surface area contributed by atoms with Gasteiger partial charge in [-0.1, -0.05) is 24.3 Å². The summed E-state index contributed by atoms with van der Waals surface area (Å²) in [6.07, 6.45) is 1.65. The van der Waals surface area contributed by atoms with Gasteiger partial charge < -0.3 is 20.3 Å². The second-order valence-corrected chi connectivity index (χ2v) is 6.01. The molecule has 0 atom stereocenters. The highest BCUT2D eigenvalue weighted by atomic mass is 16.5. The molecule has 23 heavy (non-hydrogen) atoms. The highest BCUT2D eigenvalue weighted by molar-refractivity contribution is 5.78. The lowest BCUT2D eigenvalue weighted by atomic mass is 10.1. The number of carbonyl (C=O) groups excluding carboxylic acids is 1. The number of ether oxygens (including phenoxy) is 1. The summed E-state index contributed by atoms with van der Waals surface area (Å²) in [7, 11) is 0. The molecule has 2 heterocycles. The van der Waals surface area contributed by atoms with E-state index in [1.54, 1.807) is 0 Å². The maximum atomic E-state index is 11.7. The number of hydrogen-bond acceptors (Lipinski definition) is 3. The molecule has 3 rings (SSSR count). The van der Waals surface area contributed by atoms with Crippen LogP contribution in [-0.4, -0.2) is 54.5 Å². The first-order valence-corrected chi connectivity index (χ1v) is 8.20. The minimum atomic E-state index is 0.255. The first-order chi connectivity index (χ1) is 11.2. The SMILES string of the molecule is NC(=NCc1cccc(CN2CCCC2=O)c1)N1CCOCC1. The first kappa shape index (κ1) is 15.8. The largest absolute Gasteiger partial charge is 0.378 e. The third-order valence-electron chi connectivity index (χ3n) is 4.29. The van der Waals surface area contributed by atoms with Gasteiger partial charge in [0.2, 0.25) is 5.91 Å². The molecule has 2 fully saturated rings. The van der Waals surface area contributed by atoms with Gasteiger partial charge in [-0.05, 0) is 17.5 Å². The topological polar surface area (TPSA) is 71.2 Å². The number of hydrogen-bond donors (Lipinski definition) is 1. The molecule has 1 amide bonds. The number of likely N-dealkylation sites (tertiary alicyclic amines) is 1. The van der Waals surface area contributed by atoms with E-state index in [1.807, 2.05) is 17.0 Å². The minimum absolute atomic E-state index is 0.255. The third kappa shape index (κ3) is 4.22. The normalized spacial score (nSPS) is 19.5. The van der Waals surface area contributed by atoms with E-state index >= 15 is 0 Å². The van der Waals surface area contributed by atoms with E-state index < -0.39 is 0 Å². The highest BCUT2D eigenvalue weighted by Gasteiger charge is 2.19. The maximum absolute atomic E-state index is 11.7. The number of nitrogens with two attached hydrogens (primary N) is 1. The molecule has 0 bridgehead atoms. The van der Waals surface area contributed by atoms with Gasteiger partial charge in [0.15, 0.2) is 5.96 Å². The fourth-order valence-electron chi connectivity index (χ4n) is 2.98. The van der Waals surface area contributed by atoms with Crippen molar-refractivity contribution in [2.24, 2.45) is 10.7 Å². The summed E-state index contributed by atoms with van der Waals surface area (Å²) in [4.78, 5) is 20.2. The molecule has 0 saturated carbocycles. The van der Waals surface area contributed by atoms with E-state index in [-0.39, 0.29) is 5.91 Å². The van der Waals surface area contributed by atoms with Crippen LogP contribution in [0.1, 0.15) is 24.0 Å². The number of nitrogens with zero attached hydrogens (tertiary/aromatic N) is 3. The number of rotatable bonds is 4. The fourth-order valence-corrected chi connectivity index (χ4v) is 2.98. The van der Waals surface area contributed by atoms with E-state index in [1.165, 1.54) is 0 Å². The van der Waals surface area contributed by atoms with Gasteiger partial charge in [-0.15, -0.1) is 0 Å². The maximum Gasteiger partial charge on any atom is 0.222 e. The van der Waals surface area contributed by atoms with Crippen LogP contribution in [-0.2, 0) is 22.6 Å². The summed E-state index contributed by atoms with van der Waals surface area (Å²) < 4.78 is 5.32. The zero-order valence-electron chi connectivity index (χ0n) is 13.4. The van der Waals surface area contributed by atoms with Crippen molar-refractivity contribution in [1.29, 1.82) is 0 Å². The molecule has 2 N–H and O–H groups in total. The van der Waals surface area contributed by atoms with Crippen molar-refractivity contribution in [3.8, 4) is 0 Å². The Balaban J connectivity index is 1.59.